The zero-order valence-electron chi connectivity index (χ0n) is 13.8. The van der Waals surface area contributed by atoms with Crippen molar-refractivity contribution in [3.63, 3.8) is 0 Å². The van der Waals surface area contributed by atoms with Gasteiger partial charge in [-0.15, -0.1) is 0 Å². The smallest absolute Gasteiger partial charge is 0.122 e. The van der Waals surface area contributed by atoms with Gasteiger partial charge >= 0.3 is 0 Å². The van der Waals surface area contributed by atoms with Gasteiger partial charge in [-0.2, -0.15) is 0 Å². The van der Waals surface area contributed by atoms with Crippen molar-refractivity contribution in [3.8, 4) is 5.75 Å². The number of hydrogen-bond acceptors (Lipinski definition) is 3. The average Bonchev–Trinajstić information content (AvgIpc) is 3.02. The van der Waals surface area contributed by atoms with E-state index in [1.54, 1.807) is 7.11 Å². The quantitative estimate of drug-likeness (QED) is 0.838. The summed E-state index contributed by atoms with van der Waals surface area (Å²) in [5.74, 6) is 0.972. The van der Waals surface area contributed by atoms with Crippen LogP contribution >= 0.6 is 0 Å². The molecule has 2 N–H and O–H groups in total. The van der Waals surface area contributed by atoms with Gasteiger partial charge in [0.05, 0.1) is 7.11 Å². The monoisotopic (exact) mass is 290 g/mol. The SMILES string of the molecule is CCN(C1CCCC1)C(C)(CN)Cc1ccccc1OC. The summed E-state index contributed by atoms with van der Waals surface area (Å²) in [4.78, 5) is 2.63. The molecule has 1 unspecified atom stereocenters. The van der Waals surface area contributed by atoms with Crippen LogP contribution in [0.5, 0.6) is 5.75 Å². The van der Waals surface area contributed by atoms with E-state index in [0.29, 0.717) is 12.6 Å². The maximum absolute atomic E-state index is 6.21. The van der Waals surface area contributed by atoms with Gasteiger partial charge < -0.3 is 10.5 Å². The van der Waals surface area contributed by atoms with Crippen LogP contribution in [0.3, 0.4) is 0 Å². The summed E-state index contributed by atoms with van der Waals surface area (Å²) in [7, 11) is 1.74. The van der Waals surface area contributed by atoms with Gasteiger partial charge in [0.25, 0.3) is 0 Å². The Morgan fingerprint density at radius 2 is 1.95 bits per heavy atom. The first kappa shape index (κ1) is 16.3. The predicted molar refractivity (Wildman–Crippen MR) is 88.8 cm³/mol. The third-order valence-electron chi connectivity index (χ3n) is 5.00. The summed E-state index contributed by atoms with van der Waals surface area (Å²) in [6.07, 6.45) is 6.29. The van der Waals surface area contributed by atoms with Crippen LogP contribution in [0.4, 0.5) is 0 Å². The Bertz CT molecular complexity index is 443. The van der Waals surface area contributed by atoms with Crippen molar-refractivity contribution in [2.24, 2.45) is 5.73 Å². The fraction of sp³-hybridized carbons (Fsp3) is 0.667. The molecule has 0 heterocycles. The minimum Gasteiger partial charge on any atom is -0.496 e. The molecule has 1 aliphatic carbocycles. The molecule has 0 aliphatic heterocycles. The maximum Gasteiger partial charge on any atom is 0.122 e. The molecule has 1 fully saturated rings. The van der Waals surface area contributed by atoms with Crippen molar-refractivity contribution in [1.29, 1.82) is 0 Å². The summed E-state index contributed by atoms with van der Waals surface area (Å²) in [5.41, 5.74) is 7.46. The van der Waals surface area contributed by atoms with Crippen LogP contribution in [0, 0.1) is 0 Å². The number of para-hydroxylation sites is 1. The Kier molecular flexibility index (Phi) is 5.65. The molecule has 2 rings (SSSR count). The minimum absolute atomic E-state index is 0.00160. The third kappa shape index (κ3) is 3.58. The van der Waals surface area contributed by atoms with Crippen molar-refractivity contribution in [2.45, 2.75) is 57.5 Å². The van der Waals surface area contributed by atoms with Crippen molar-refractivity contribution in [3.05, 3.63) is 29.8 Å². The van der Waals surface area contributed by atoms with Crippen molar-refractivity contribution in [1.82, 2.24) is 4.90 Å². The average molecular weight is 290 g/mol. The van der Waals surface area contributed by atoms with Crippen LogP contribution in [0.1, 0.15) is 45.1 Å². The number of rotatable bonds is 7. The topological polar surface area (TPSA) is 38.5 Å². The highest BCUT2D eigenvalue weighted by Crippen LogP contribution is 2.32. The van der Waals surface area contributed by atoms with E-state index in [0.717, 1.165) is 18.7 Å². The molecule has 1 aromatic carbocycles. The van der Waals surface area contributed by atoms with Gasteiger partial charge in [0.15, 0.2) is 0 Å². The van der Waals surface area contributed by atoms with Crippen LogP contribution in [0.15, 0.2) is 24.3 Å². The van der Waals surface area contributed by atoms with Crippen molar-refractivity contribution in [2.75, 3.05) is 20.2 Å². The Balaban J connectivity index is 2.22. The Morgan fingerprint density at radius 1 is 1.29 bits per heavy atom. The van der Waals surface area contributed by atoms with Crippen LogP contribution < -0.4 is 10.5 Å². The first-order valence-electron chi connectivity index (χ1n) is 8.23. The highest BCUT2D eigenvalue weighted by atomic mass is 16.5. The van der Waals surface area contributed by atoms with Gasteiger partial charge in [-0.05, 0) is 44.4 Å². The van der Waals surface area contributed by atoms with Crippen LogP contribution in [0.25, 0.3) is 0 Å². The maximum atomic E-state index is 6.21. The number of ether oxygens (including phenoxy) is 1. The van der Waals surface area contributed by atoms with Gasteiger partial charge in [-0.3, -0.25) is 4.90 Å². The molecule has 3 nitrogen and oxygen atoms in total. The Labute approximate surface area is 129 Å². The zero-order valence-corrected chi connectivity index (χ0v) is 13.8. The van der Waals surface area contributed by atoms with Crippen molar-refractivity contribution < 1.29 is 4.74 Å². The van der Waals surface area contributed by atoms with Crippen LogP contribution in [0.2, 0.25) is 0 Å². The zero-order chi connectivity index (χ0) is 15.3. The molecule has 0 aromatic heterocycles. The van der Waals surface area contributed by atoms with Crippen LogP contribution in [-0.4, -0.2) is 36.7 Å². The van der Waals surface area contributed by atoms with Crippen molar-refractivity contribution >= 4 is 0 Å². The molecule has 1 aromatic rings. The molecule has 1 saturated carbocycles. The van der Waals surface area contributed by atoms with Gasteiger partial charge in [0.2, 0.25) is 0 Å². The first-order valence-corrected chi connectivity index (χ1v) is 8.23. The van der Waals surface area contributed by atoms with E-state index in [1.165, 1.54) is 31.2 Å². The molecule has 3 heteroatoms. The molecule has 0 radical (unpaired) electrons. The summed E-state index contributed by atoms with van der Waals surface area (Å²) in [6, 6.07) is 9.00. The van der Waals surface area contributed by atoms with Crippen LogP contribution in [-0.2, 0) is 6.42 Å². The lowest BCUT2D eigenvalue weighted by Gasteiger charge is -2.44. The third-order valence-corrected chi connectivity index (χ3v) is 5.00. The summed E-state index contributed by atoms with van der Waals surface area (Å²) >= 11 is 0. The summed E-state index contributed by atoms with van der Waals surface area (Å²) in [6.45, 7) is 6.30. The Hall–Kier alpha value is -1.06. The summed E-state index contributed by atoms with van der Waals surface area (Å²) < 4.78 is 5.52. The van der Waals surface area contributed by atoms with E-state index in [1.807, 2.05) is 12.1 Å². The highest BCUT2D eigenvalue weighted by molar-refractivity contribution is 5.34. The second-order valence-electron chi connectivity index (χ2n) is 6.41. The molecule has 21 heavy (non-hydrogen) atoms. The normalized spacial score (nSPS) is 18.9. The summed E-state index contributed by atoms with van der Waals surface area (Å²) in [5, 5.41) is 0. The minimum atomic E-state index is -0.00160. The fourth-order valence-corrected chi connectivity index (χ4v) is 3.85. The molecule has 118 valence electrons. The lowest BCUT2D eigenvalue weighted by molar-refractivity contribution is 0.0683. The van der Waals surface area contributed by atoms with E-state index in [2.05, 4.69) is 30.9 Å². The molecule has 1 aliphatic rings. The molecular weight excluding hydrogens is 260 g/mol. The number of hydrogen-bond donors (Lipinski definition) is 1. The van der Waals surface area contributed by atoms with E-state index in [-0.39, 0.29) is 5.54 Å². The second kappa shape index (κ2) is 7.28. The largest absolute Gasteiger partial charge is 0.496 e. The van der Waals surface area contributed by atoms with Gasteiger partial charge in [0.1, 0.15) is 5.75 Å². The number of nitrogens with zero attached hydrogens (tertiary/aromatic N) is 1. The first-order chi connectivity index (χ1) is 10.1. The molecule has 1 atom stereocenters. The standard InChI is InChI=1S/C18H30N2O/c1-4-20(16-10-6-7-11-16)18(2,14-19)13-15-9-5-8-12-17(15)21-3/h5,8-9,12,16H,4,6-7,10-11,13-14,19H2,1-3H3. The highest BCUT2D eigenvalue weighted by Gasteiger charge is 2.36. The van der Waals surface area contributed by atoms with E-state index in [9.17, 15) is 0 Å². The Morgan fingerprint density at radius 3 is 2.52 bits per heavy atom. The van der Waals surface area contributed by atoms with E-state index < -0.39 is 0 Å². The number of likely N-dealkylation sites (N-methyl/N-ethyl adjacent to an activating group) is 1. The number of benzene rings is 1. The fourth-order valence-electron chi connectivity index (χ4n) is 3.85. The lowest BCUT2D eigenvalue weighted by Crippen LogP contribution is -2.56. The molecule has 0 spiro atoms. The molecule has 0 amide bonds. The second-order valence-corrected chi connectivity index (χ2v) is 6.41. The number of methoxy groups -OCH3 is 1. The molecule has 0 saturated heterocycles. The predicted octanol–water partition coefficient (Wildman–Crippen LogP) is 3.22. The number of nitrogens with two attached hydrogens (primary N) is 1. The van der Waals surface area contributed by atoms with E-state index in [4.69, 9.17) is 10.5 Å². The van der Waals surface area contributed by atoms with Gasteiger partial charge in [-0.25, -0.2) is 0 Å². The molecule has 0 bridgehead atoms. The molecular formula is C18H30N2O. The van der Waals surface area contributed by atoms with Gasteiger partial charge in [0, 0.05) is 18.1 Å². The van der Waals surface area contributed by atoms with E-state index >= 15 is 0 Å². The van der Waals surface area contributed by atoms with Gasteiger partial charge in [-0.1, -0.05) is 38.0 Å². The lowest BCUT2D eigenvalue weighted by atomic mass is 9.88.